The van der Waals surface area contributed by atoms with E-state index in [1.807, 2.05) is 35.7 Å². The molecule has 1 fully saturated rings. The summed E-state index contributed by atoms with van der Waals surface area (Å²) in [7, 11) is 3.25. The molecule has 140 valence electrons. The number of hydrogen-bond donors (Lipinski definition) is 0. The average molecular weight is 402 g/mol. The van der Waals surface area contributed by atoms with Gasteiger partial charge in [0.2, 0.25) is 0 Å². The number of thiophene rings is 1. The number of aromatic nitrogens is 1. The van der Waals surface area contributed by atoms with Crippen LogP contribution in [0.4, 0.5) is 0 Å². The summed E-state index contributed by atoms with van der Waals surface area (Å²) in [5.74, 6) is 2.75. The van der Waals surface area contributed by atoms with E-state index in [4.69, 9.17) is 14.0 Å². The number of benzene rings is 1. The standard InChI is InChI=1S/C19H18N2O4S2/c1-23-12-5-6-15(24-2)13(10-12)19-21(7-9-27-19)18(22)14-11-16(25-20-14)17-4-3-8-26-17/h3-6,8,10-11,19H,7,9H2,1-2H3. The van der Waals surface area contributed by atoms with E-state index in [9.17, 15) is 4.79 Å². The number of hydrogen-bond acceptors (Lipinski definition) is 7. The molecule has 6 nitrogen and oxygen atoms in total. The summed E-state index contributed by atoms with van der Waals surface area (Å²) in [5.41, 5.74) is 1.22. The van der Waals surface area contributed by atoms with Crippen LogP contribution in [0.25, 0.3) is 10.6 Å². The molecule has 0 aliphatic carbocycles. The summed E-state index contributed by atoms with van der Waals surface area (Å²) in [5, 5.41) is 5.79. The van der Waals surface area contributed by atoms with Gasteiger partial charge in [-0.2, -0.15) is 0 Å². The molecule has 4 rings (SSSR count). The highest BCUT2D eigenvalue weighted by atomic mass is 32.2. The lowest BCUT2D eigenvalue weighted by atomic mass is 10.1. The van der Waals surface area contributed by atoms with E-state index in [0.29, 0.717) is 18.0 Å². The highest BCUT2D eigenvalue weighted by Gasteiger charge is 2.34. The second-order valence-corrected chi connectivity index (χ2v) is 8.02. The fraction of sp³-hybridized carbons (Fsp3) is 0.263. The number of rotatable bonds is 5. The molecular formula is C19H18N2O4S2. The fourth-order valence-electron chi connectivity index (χ4n) is 3.03. The van der Waals surface area contributed by atoms with Gasteiger partial charge in [0, 0.05) is 23.9 Å². The molecule has 3 heterocycles. The van der Waals surface area contributed by atoms with Gasteiger partial charge in [-0.15, -0.1) is 23.1 Å². The first kappa shape index (κ1) is 17.9. The van der Waals surface area contributed by atoms with Crippen LogP contribution in [-0.4, -0.2) is 42.5 Å². The third kappa shape index (κ3) is 3.42. The maximum atomic E-state index is 13.1. The van der Waals surface area contributed by atoms with Crippen molar-refractivity contribution in [1.82, 2.24) is 10.1 Å². The maximum absolute atomic E-state index is 13.1. The van der Waals surface area contributed by atoms with Gasteiger partial charge in [-0.3, -0.25) is 4.79 Å². The van der Waals surface area contributed by atoms with Crippen molar-refractivity contribution in [3.8, 4) is 22.1 Å². The van der Waals surface area contributed by atoms with E-state index >= 15 is 0 Å². The van der Waals surface area contributed by atoms with Gasteiger partial charge in [-0.1, -0.05) is 11.2 Å². The first-order chi connectivity index (χ1) is 13.2. The van der Waals surface area contributed by atoms with E-state index in [1.165, 1.54) is 0 Å². The summed E-state index contributed by atoms with van der Waals surface area (Å²) >= 11 is 3.24. The van der Waals surface area contributed by atoms with E-state index in [-0.39, 0.29) is 11.3 Å². The Morgan fingerprint density at radius 3 is 2.89 bits per heavy atom. The van der Waals surface area contributed by atoms with Crippen molar-refractivity contribution in [2.75, 3.05) is 26.5 Å². The van der Waals surface area contributed by atoms with Gasteiger partial charge in [-0.25, -0.2) is 0 Å². The van der Waals surface area contributed by atoms with Crippen molar-refractivity contribution in [3.63, 3.8) is 0 Å². The van der Waals surface area contributed by atoms with Crippen molar-refractivity contribution < 1.29 is 18.8 Å². The number of methoxy groups -OCH3 is 2. The van der Waals surface area contributed by atoms with Crippen LogP contribution >= 0.6 is 23.1 Å². The van der Waals surface area contributed by atoms with Crippen LogP contribution in [0.5, 0.6) is 11.5 Å². The molecule has 1 amide bonds. The largest absolute Gasteiger partial charge is 0.497 e. The minimum Gasteiger partial charge on any atom is -0.497 e. The molecule has 8 heteroatoms. The number of ether oxygens (including phenoxy) is 2. The molecule has 1 aromatic carbocycles. The van der Waals surface area contributed by atoms with Crippen molar-refractivity contribution in [2.45, 2.75) is 5.37 Å². The van der Waals surface area contributed by atoms with E-state index in [0.717, 1.165) is 27.7 Å². The van der Waals surface area contributed by atoms with Crippen LogP contribution < -0.4 is 9.47 Å². The quantitative estimate of drug-likeness (QED) is 0.634. The van der Waals surface area contributed by atoms with E-state index < -0.39 is 0 Å². The molecule has 2 aromatic heterocycles. The van der Waals surface area contributed by atoms with Crippen LogP contribution in [0.3, 0.4) is 0 Å². The van der Waals surface area contributed by atoms with Crippen LogP contribution in [0.2, 0.25) is 0 Å². The highest BCUT2D eigenvalue weighted by molar-refractivity contribution is 7.99. The topological polar surface area (TPSA) is 64.8 Å². The molecule has 27 heavy (non-hydrogen) atoms. The molecule has 0 radical (unpaired) electrons. The number of thioether (sulfide) groups is 1. The van der Waals surface area contributed by atoms with Gasteiger partial charge in [0.05, 0.1) is 19.1 Å². The number of amides is 1. The first-order valence-electron chi connectivity index (χ1n) is 8.36. The minimum atomic E-state index is -0.163. The zero-order chi connectivity index (χ0) is 18.8. The lowest BCUT2D eigenvalue weighted by Crippen LogP contribution is -2.30. The summed E-state index contributed by atoms with van der Waals surface area (Å²) in [6.45, 7) is 0.635. The Bertz CT molecular complexity index is 939. The van der Waals surface area contributed by atoms with Gasteiger partial charge in [0.25, 0.3) is 5.91 Å². The zero-order valence-electron chi connectivity index (χ0n) is 14.9. The SMILES string of the molecule is COc1ccc(OC)c(C2SCCN2C(=O)c2cc(-c3cccs3)on2)c1. The summed E-state index contributed by atoms with van der Waals surface area (Å²) in [6.07, 6.45) is 0. The zero-order valence-corrected chi connectivity index (χ0v) is 16.5. The van der Waals surface area contributed by atoms with Crippen LogP contribution in [-0.2, 0) is 0 Å². The molecule has 3 aromatic rings. The van der Waals surface area contributed by atoms with Gasteiger partial charge >= 0.3 is 0 Å². The van der Waals surface area contributed by atoms with Crippen molar-refractivity contribution in [2.24, 2.45) is 0 Å². The minimum absolute atomic E-state index is 0.151. The molecule has 0 N–H and O–H groups in total. The number of carbonyl (C=O) groups excluding carboxylic acids is 1. The normalized spacial score (nSPS) is 16.5. The average Bonchev–Trinajstić information content (AvgIpc) is 3.47. The van der Waals surface area contributed by atoms with Crippen molar-refractivity contribution in [3.05, 3.63) is 53.0 Å². The Kier molecular flexibility index (Phi) is 5.09. The van der Waals surface area contributed by atoms with E-state index in [1.54, 1.807) is 48.3 Å². The molecule has 0 bridgehead atoms. The molecule has 1 saturated heterocycles. The Morgan fingerprint density at radius 1 is 1.26 bits per heavy atom. The first-order valence-corrected chi connectivity index (χ1v) is 10.3. The van der Waals surface area contributed by atoms with E-state index in [2.05, 4.69) is 5.16 Å². The lowest BCUT2D eigenvalue weighted by Gasteiger charge is -2.25. The van der Waals surface area contributed by atoms with Crippen molar-refractivity contribution >= 4 is 29.0 Å². The molecule has 1 aliphatic rings. The maximum Gasteiger partial charge on any atom is 0.277 e. The summed E-state index contributed by atoms with van der Waals surface area (Å²) in [6, 6.07) is 11.2. The smallest absolute Gasteiger partial charge is 0.277 e. The monoisotopic (exact) mass is 402 g/mol. The third-order valence-corrected chi connectivity index (χ3v) is 6.47. The Hall–Kier alpha value is -2.45. The van der Waals surface area contributed by atoms with Crippen LogP contribution in [0.15, 0.2) is 46.3 Å². The molecule has 0 spiro atoms. The van der Waals surface area contributed by atoms with Gasteiger partial charge < -0.3 is 18.9 Å². The lowest BCUT2D eigenvalue weighted by molar-refractivity contribution is 0.0749. The van der Waals surface area contributed by atoms with Crippen LogP contribution in [0.1, 0.15) is 21.4 Å². The highest BCUT2D eigenvalue weighted by Crippen LogP contribution is 2.43. The molecule has 0 saturated carbocycles. The molecular weight excluding hydrogens is 384 g/mol. The molecule has 1 aliphatic heterocycles. The fourth-order valence-corrected chi connectivity index (χ4v) is 4.97. The van der Waals surface area contributed by atoms with Gasteiger partial charge in [0.15, 0.2) is 11.5 Å². The molecule has 1 atom stereocenters. The predicted octanol–water partition coefficient (Wildman–Crippen LogP) is 4.31. The number of carbonyl (C=O) groups is 1. The second kappa shape index (κ2) is 7.66. The molecule has 1 unspecified atom stereocenters. The van der Waals surface area contributed by atoms with Crippen LogP contribution in [0, 0.1) is 0 Å². The van der Waals surface area contributed by atoms with Gasteiger partial charge in [-0.05, 0) is 29.6 Å². The van der Waals surface area contributed by atoms with Gasteiger partial charge in [0.1, 0.15) is 16.9 Å². The Balaban J connectivity index is 1.63. The summed E-state index contributed by atoms with van der Waals surface area (Å²) < 4.78 is 16.2. The third-order valence-electron chi connectivity index (χ3n) is 4.35. The second-order valence-electron chi connectivity index (χ2n) is 5.88. The Morgan fingerprint density at radius 2 is 2.15 bits per heavy atom. The number of nitrogens with zero attached hydrogens (tertiary/aromatic N) is 2. The van der Waals surface area contributed by atoms with Crippen molar-refractivity contribution in [1.29, 1.82) is 0 Å². The predicted molar refractivity (Wildman–Crippen MR) is 106 cm³/mol. The Labute approximate surface area is 165 Å². The summed E-state index contributed by atoms with van der Waals surface area (Å²) in [4.78, 5) is 15.8.